The van der Waals surface area contributed by atoms with Crippen molar-refractivity contribution in [3.63, 3.8) is 0 Å². The zero-order valence-corrected chi connectivity index (χ0v) is 22.5. The van der Waals surface area contributed by atoms with Crippen molar-refractivity contribution in [2.45, 2.75) is 102 Å². The minimum Gasteiger partial charge on any atom is -0.0776 e. The Morgan fingerprint density at radius 1 is 0.677 bits per heavy atom. The lowest BCUT2D eigenvalue weighted by Gasteiger charge is -2.48. The van der Waals surface area contributed by atoms with Gasteiger partial charge in [0, 0.05) is 16.2 Å². The van der Waals surface area contributed by atoms with E-state index < -0.39 is 0 Å². The van der Waals surface area contributed by atoms with Gasteiger partial charge in [0.05, 0.1) is 0 Å². The van der Waals surface area contributed by atoms with Gasteiger partial charge < -0.3 is 0 Å². The van der Waals surface area contributed by atoms with Crippen LogP contribution in [0.25, 0.3) is 0 Å². The maximum absolute atomic E-state index is 2.52. The Morgan fingerprint density at radius 3 is 1.61 bits per heavy atom. The van der Waals surface area contributed by atoms with Crippen molar-refractivity contribution in [2.24, 2.45) is 33.0 Å². The van der Waals surface area contributed by atoms with Crippen LogP contribution < -0.4 is 0 Å². The van der Waals surface area contributed by atoms with E-state index in [0.717, 1.165) is 0 Å². The van der Waals surface area contributed by atoms with Crippen molar-refractivity contribution in [1.82, 2.24) is 0 Å². The first-order valence-electron chi connectivity index (χ1n) is 12.8. The number of allylic oxidation sites excluding steroid dienone is 10. The van der Waals surface area contributed by atoms with E-state index in [0.29, 0.717) is 5.92 Å². The Balaban J connectivity index is 2.66. The molecule has 0 saturated carbocycles. The minimum atomic E-state index is -0.00520. The largest absolute Gasteiger partial charge is 0.0776 e. The minimum absolute atomic E-state index is 0.00520. The van der Waals surface area contributed by atoms with Crippen molar-refractivity contribution in [2.75, 3.05) is 0 Å². The van der Waals surface area contributed by atoms with E-state index in [4.69, 9.17) is 0 Å². The molecule has 31 heavy (non-hydrogen) atoms. The first-order chi connectivity index (χ1) is 14.3. The highest BCUT2D eigenvalue weighted by atomic mass is 14.5. The molecule has 2 aliphatic carbocycles. The second kappa shape index (κ2) is 8.92. The second-order valence-electron chi connectivity index (χ2n) is 11.8. The van der Waals surface area contributed by atoms with Gasteiger partial charge in [0.15, 0.2) is 0 Å². The third-order valence-corrected chi connectivity index (χ3v) is 9.97. The average molecular weight is 423 g/mol. The molecule has 0 N–H and O–H groups in total. The van der Waals surface area contributed by atoms with E-state index in [9.17, 15) is 0 Å². The van der Waals surface area contributed by atoms with Crippen molar-refractivity contribution >= 4 is 0 Å². The Labute approximate surface area is 194 Å². The van der Waals surface area contributed by atoms with Crippen LogP contribution in [0.3, 0.4) is 0 Å². The van der Waals surface area contributed by atoms with Crippen LogP contribution in [-0.2, 0) is 0 Å². The van der Waals surface area contributed by atoms with Crippen LogP contribution in [-0.4, -0.2) is 0 Å². The average Bonchev–Trinajstić information content (AvgIpc) is 2.90. The lowest BCUT2D eigenvalue weighted by molar-refractivity contribution is 0.0646. The summed E-state index contributed by atoms with van der Waals surface area (Å²) in [6, 6.07) is 0. The highest BCUT2D eigenvalue weighted by molar-refractivity contribution is 5.51. The summed E-state index contributed by atoms with van der Waals surface area (Å²) in [4.78, 5) is 0. The number of hydrogen-bond acceptors (Lipinski definition) is 0. The van der Waals surface area contributed by atoms with Crippen molar-refractivity contribution in [1.29, 1.82) is 0 Å². The Bertz CT molecular complexity index is 786. The predicted octanol–water partition coefficient (Wildman–Crippen LogP) is 9.86. The fourth-order valence-electron chi connectivity index (χ4n) is 6.48. The molecule has 0 amide bonds. The van der Waals surface area contributed by atoms with Crippen LogP contribution in [0.15, 0.2) is 59.8 Å². The molecule has 0 heterocycles. The van der Waals surface area contributed by atoms with Gasteiger partial charge in [-0.1, -0.05) is 125 Å². The lowest BCUT2D eigenvalue weighted by atomic mass is 9.56. The SMILES string of the molecule is CCC(C)(CC)C1(C)/C=C\C2=C(C=CC(C)(C(CC)(CC)C(C)C)C=C2)C(C)(C)/C=C\1. The summed E-state index contributed by atoms with van der Waals surface area (Å²) < 4.78 is 0. The van der Waals surface area contributed by atoms with Crippen LogP contribution in [0.1, 0.15) is 102 Å². The molecule has 0 radical (unpaired) electrons. The van der Waals surface area contributed by atoms with Crippen molar-refractivity contribution in [3.05, 3.63) is 59.8 Å². The zero-order chi connectivity index (χ0) is 23.7. The van der Waals surface area contributed by atoms with Gasteiger partial charge in [-0.2, -0.15) is 0 Å². The van der Waals surface area contributed by atoms with E-state index in [1.54, 1.807) is 0 Å². The molecule has 0 aromatic carbocycles. The van der Waals surface area contributed by atoms with Crippen LogP contribution in [0.5, 0.6) is 0 Å². The zero-order valence-electron chi connectivity index (χ0n) is 22.5. The normalized spacial score (nSPS) is 30.6. The smallest absolute Gasteiger partial charge is 0.00977 e. The fraction of sp³-hybridized carbons (Fsp3) is 0.677. The predicted molar refractivity (Wildman–Crippen MR) is 140 cm³/mol. The van der Waals surface area contributed by atoms with Crippen LogP contribution in [0.2, 0.25) is 0 Å². The van der Waals surface area contributed by atoms with Gasteiger partial charge in [-0.15, -0.1) is 0 Å². The monoisotopic (exact) mass is 422 g/mol. The molecule has 0 aromatic heterocycles. The third kappa shape index (κ3) is 4.21. The highest BCUT2D eigenvalue weighted by Crippen LogP contribution is 2.55. The first kappa shape index (κ1) is 26.0. The molecular formula is C31H50. The molecule has 2 atom stereocenters. The van der Waals surface area contributed by atoms with E-state index in [1.165, 1.54) is 36.8 Å². The molecule has 0 aliphatic heterocycles. The molecule has 2 unspecified atom stereocenters. The molecule has 0 spiro atoms. The van der Waals surface area contributed by atoms with E-state index in [1.807, 2.05) is 0 Å². The maximum atomic E-state index is 2.52. The maximum Gasteiger partial charge on any atom is 0.00977 e. The third-order valence-electron chi connectivity index (χ3n) is 9.97. The summed E-state index contributed by atoms with van der Waals surface area (Å²) in [5.41, 5.74) is 3.42. The number of hydrogen-bond donors (Lipinski definition) is 0. The molecule has 0 fully saturated rings. The van der Waals surface area contributed by atoms with Crippen LogP contribution in [0.4, 0.5) is 0 Å². The van der Waals surface area contributed by atoms with Crippen LogP contribution in [0, 0.1) is 33.0 Å². The molecule has 0 bridgehead atoms. The molecule has 0 heteroatoms. The van der Waals surface area contributed by atoms with Gasteiger partial charge in [0.2, 0.25) is 0 Å². The standard InChI is InChI=1S/C31H50/c1-12-28(9,13-2)29(10)19-16-25-17-20-30(11,31(14-3,15-4)24(5)6)21-18-26(25)27(7,8)22-23-29/h16-24H,12-15H2,1-11H3/b19-16-,23-22-. The second-order valence-corrected chi connectivity index (χ2v) is 11.8. The highest BCUT2D eigenvalue weighted by Gasteiger charge is 2.45. The summed E-state index contributed by atoms with van der Waals surface area (Å²) in [7, 11) is 0. The number of rotatable bonds is 7. The van der Waals surface area contributed by atoms with E-state index in [-0.39, 0.29) is 27.1 Å². The molecule has 174 valence electrons. The summed E-state index contributed by atoms with van der Waals surface area (Å²) in [5, 5.41) is 0. The van der Waals surface area contributed by atoms with Gasteiger partial charge in [-0.3, -0.25) is 0 Å². The molecule has 0 nitrogen and oxygen atoms in total. The van der Waals surface area contributed by atoms with E-state index >= 15 is 0 Å². The molecule has 2 rings (SSSR count). The topological polar surface area (TPSA) is 0 Å². The first-order valence-corrected chi connectivity index (χ1v) is 12.8. The quantitative estimate of drug-likeness (QED) is 0.358. The fourth-order valence-corrected chi connectivity index (χ4v) is 6.48. The summed E-state index contributed by atoms with van der Waals surface area (Å²) in [5.74, 6) is 0.629. The summed E-state index contributed by atoms with van der Waals surface area (Å²) in [6.07, 6.45) is 24.5. The van der Waals surface area contributed by atoms with Gasteiger partial charge in [0.1, 0.15) is 0 Å². The van der Waals surface area contributed by atoms with Gasteiger partial charge in [-0.05, 0) is 53.6 Å². The molecule has 2 aliphatic rings. The Hall–Kier alpha value is -1.30. The molecule has 0 aromatic rings. The lowest BCUT2D eigenvalue weighted by Crippen LogP contribution is -2.41. The molecule has 0 saturated heterocycles. The van der Waals surface area contributed by atoms with Crippen LogP contribution >= 0.6 is 0 Å². The molecular weight excluding hydrogens is 372 g/mol. The van der Waals surface area contributed by atoms with E-state index in [2.05, 4.69) is 125 Å². The van der Waals surface area contributed by atoms with Crippen molar-refractivity contribution in [3.8, 4) is 0 Å². The van der Waals surface area contributed by atoms with Gasteiger partial charge in [-0.25, -0.2) is 0 Å². The summed E-state index contributed by atoms with van der Waals surface area (Å²) in [6.45, 7) is 26.3. The van der Waals surface area contributed by atoms with Crippen molar-refractivity contribution < 1.29 is 0 Å². The van der Waals surface area contributed by atoms with Gasteiger partial charge >= 0.3 is 0 Å². The Morgan fingerprint density at radius 2 is 1.16 bits per heavy atom. The summed E-state index contributed by atoms with van der Waals surface area (Å²) >= 11 is 0. The van der Waals surface area contributed by atoms with Gasteiger partial charge in [0.25, 0.3) is 0 Å². The Kier molecular flexibility index (Phi) is 7.46.